The molecule has 3 rings (SSSR count). The normalized spacial score (nSPS) is 10.5. The van der Waals surface area contributed by atoms with Crippen molar-refractivity contribution in [2.45, 2.75) is 27.2 Å². The van der Waals surface area contributed by atoms with Crippen molar-refractivity contribution in [2.24, 2.45) is 0 Å². The molecule has 3 aromatic rings. The number of nitrogens with one attached hydrogen (secondary N) is 2. The van der Waals surface area contributed by atoms with Gasteiger partial charge in [0.05, 0.1) is 6.42 Å². The molecule has 7 nitrogen and oxygen atoms in total. The Hall–Kier alpha value is -3.35. The molecule has 0 saturated carbocycles. The van der Waals surface area contributed by atoms with Gasteiger partial charge in [-0.25, -0.2) is 15.0 Å². The summed E-state index contributed by atoms with van der Waals surface area (Å²) in [5, 5.41) is 6.01. The molecule has 0 saturated heterocycles. The van der Waals surface area contributed by atoms with Crippen LogP contribution in [0.3, 0.4) is 0 Å². The first-order valence-electron chi connectivity index (χ1n) is 8.80. The maximum absolute atomic E-state index is 11.9. The van der Waals surface area contributed by atoms with Crippen molar-refractivity contribution >= 4 is 17.5 Å². The molecule has 0 aliphatic rings. The second-order valence-electron chi connectivity index (χ2n) is 6.14. The lowest BCUT2D eigenvalue weighted by atomic mass is 10.0. The Morgan fingerprint density at radius 2 is 1.81 bits per heavy atom. The van der Waals surface area contributed by atoms with Gasteiger partial charge in [-0.2, -0.15) is 0 Å². The van der Waals surface area contributed by atoms with Crippen LogP contribution in [0.4, 0.5) is 11.6 Å². The maximum atomic E-state index is 11.9. The van der Waals surface area contributed by atoms with Crippen molar-refractivity contribution in [3.8, 4) is 11.1 Å². The van der Waals surface area contributed by atoms with Crippen molar-refractivity contribution in [1.82, 2.24) is 25.3 Å². The van der Waals surface area contributed by atoms with Gasteiger partial charge >= 0.3 is 0 Å². The van der Waals surface area contributed by atoms with E-state index in [2.05, 4.69) is 30.6 Å². The monoisotopic (exact) mass is 362 g/mol. The van der Waals surface area contributed by atoms with E-state index in [-0.39, 0.29) is 5.91 Å². The van der Waals surface area contributed by atoms with Crippen molar-refractivity contribution in [3.63, 3.8) is 0 Å². The summed E-state index contributed by atoms with van der Waals surface area (Å²) in [4.78, 5) is 29.1. The number of aromatic nitrogens is 4. The van der Waals surface area contributed by atoms with Gasteiger partial charge in [-0.3, -0.25) is 9.78 Å². The van der Waals surface area contributed by atoms with E-state index < -0.39 is 0 Å². The fraction of sp³-hybridized carbons (Fsp3) is 0.250. The minimum Gasteiger partial charge on any atom is -0.356 e. The van der Waals surface area contributed by atoms with Gasteiger partial charge in [0, 0.05) is 36.4 Å². The Balaban J connectivity index is 1.85. The Kier molecular flexibility index (Phi) is 5.71. The number of pyridine rings is 2. The minimum atomic E-state index is -0.00392. The summed E-state index contributed by atoms with van der Waals surface area (Å²) in [5.41, 5.74) is 3.66. The van der Waals surface area contributed by atoms with E-state index in [9.17, 15) is 4.79 Å². The van der Waals surface area contributed by atoms with Crippen LogP contribution in [0.1, 0.15) is 24.0 Å². The summed E-state index contributed by atoms with van der Waals surface area (Å²) in [6.07, 6.45) is 5.56. The molecule has 1 amide bonds. The number of nitrogens with zero attached hydrogens (tertiary/aromatic N) is 4. The van der Waals surface area contributed by atoms with Crippen molar-refractivity contribution in [3.05, 3.63) is 59.9 Å². The van der Waals surface area contributed by atoms with Gasteiger partial charge in [0.1, 0.15) is 17.5 Å². The van der Waals surface area contributed by atoms with Crippen LogP contribution >= 0.6 is 0 Å². The third-order valence-electron chi connectivity index (χ3n) is 4.04. The molecule has 0 unspecified atom stereocenters. The third-order valence-corrected chi connectivity index (χ3v) is 4.04. The number of anilines is 2. The molecule has 0 aliphatic heterocycles. The topological polar surface area (TPSA) is 92.7 Å². The molecule has 3 aromatic heterocycles. The Morgan fingerprint density at radius 3 is 2.59 bits per heavy atom. The summed E-state index contributed by atoms with van der Waals surface area (Å²) in [5.74, 6) is 2.05. The Morgan fingerprint density at radius 1 is 1.00 bits per heavy atom. The number of amides is 1. The van der Waals surface area contributed by atoms with E-state index in [4.69, 9.17) is 0 Å². The molecule has 27 heavy (non-hydrogen) atoms. The van der Waals surface area contributed by atoms with Crippen LogP contribution in [0, 0.1) is 13.8 Å². The van der Waals surface area contributed by atoms with Gasteiger partial charge < -0.3 is 10.6 Å². The van der Waals surface area contributed by atoms with Crippen molar-refractivity contribution in [2.75, 3.05) is 11.9 Å². The molecule has 0 atom stereocenters. The number of hydrogen-bond donors (Lipinski definition) is 2. The molecule has 0 spiro atoms. The van der Waals surface area contributed by atoms with E-state index in [1.165, 1.54) is 0 Å². The van der Waals surface area contributed by atoms with Gasteiger partial charge in [-0.1, -0.05) is 0 Å². The summed E-state index contributed by atoms with van der Waals surface area (Å²) in [6, 6.07) is 7.64. The number of hydrogen-bond acceptors (Lipinski definition) is 6. The van der Waals surface area contributed by atoms with Gasteiger partial charge in [-0.05, 0) is 56.2 Å². The Labute approximate surface area is 158 Å². The SMILES string of the molecule is CCNC(=O)Cc1cc(-c2ccnc(Nc3ccnc(C)n3)c2)cnc1C. The maximum Gasteiger partial charge on any atom is 0.224 e. The predicted molar refractivity (Wildman–Crippen MR) is 105 cm³/mol. The van der Waals surface area contributed by atoms with Crippen LogP contribution < -0.4 is 10.6 Å². The number of aryl methyl sites for hydroxylation is 2. The molecule has 2 N–H and O–H groups in total. The lowest BCUT2D eigenvalue weighted by Crippen LogP contribution is -2.24. The standard InChI is InChI=1S/C20H22N6O/c1-4-21-20(27)11-16-9-17(12-24-13(16)2)15-5-7-23-19(10-15)26-18-6-8-22-14(3)25-18/h5-10,12H,4,11H2,1-3H3,(H,21,27)(H,22,23,25,26). The molecular formula is C20H22N6O. The fourth-order valence-electron chi connectivity index (χ4n) is 2.68. The zero-order valence-electron chi connectivity index (χ0n) is 15.7. The zero-order chi connectivity index (χ0) is 19.2. The number of carbonyl (C=O) groups excluding carboxylic acids is 1. The number of carbonyl (C=O) groups is 1. The highest BCUT2D eigenvalue weighted by Gasteiger charge is 2.09. The van der Waals surface area contributed by atoms with E-state index in [1.54, 1.807) is 18.5 Å². The largest absolute Gasteiger partial charge is 0.356 e. The molecule has 0 fully saturated rings. The third kappa shape index (κ3) is 4.84. The molecular weight excluding hydrogens is 340 g/mol. The minimum absolute atomic E-state index is 0.00392. The second kappa shape index (κ2) is 8.35. The highest BCUT2D eigenvalue weighted by atomic mass is 16.1. The van der Waals surface area contributed by atoms with Crippen molar-refractivity contribution < 1.29 is 4.79 Å². The molecule has 3 heterocycles. The average molecular weight is 362 g/mol. The first kappa shape index (κ1) is 18.4. The quantitative estimate of drug-likeness (QED) is 0.700. The van der Waals surface area contributed by atoms with Gasteiger partial charge in [0.25, 0.3) is 0 Å². The highest BCUT2D eigenvalue weighted by Crippen LogP contribution is 2.24. The van der Waals surface area contributed by atoms with E-state index in [0.717, 1.165) is 22.4 Å². The Bertz CT molecular complexity index is 957. The van der Waals surface area contributed by atoms with Crippen LogP contribution in [0.5, 0.6) is 0 Å². The van der Waals surface area contributed by atoms with Crippen LogP contribution in [0.25, 0.3) is 11.1 Å². The summed E-state index contributed by atoms with van der Waals surface area (Å²) >= 11 is 0. The zero-order valence-corrected chi connectivity index (χ0v) is 15.7. The van der Waals surface area contributed by atoms with Gasteiger partial charge in [-0.15, -0.1) is 0 Å². The van der Waals surface area contributed by atoms with Crippen LogP contribution in [0.15, 0.2) is 42.9 Å². The van der Waals surface area contributed by atoms with Crippen molar-refractivity contribution in [1.29, 1.82) is 0 Å². The van der Waals surface area contributed by atoms with E-state index in [1.807, 2.05) is 45.2 Å². The van der Waals surface area contributed by atoms with Crippen LogP contribution in [0.2, 0.25) is 0 Å². The first-order chi connectivity index (χ1) is 13.0. The number of likely N-dealkylation sites (N-methyl/N-ethyl adjacent to an activating group) is 1. The number of rotatable bonds is 6. The lowest BCUT2D eigenvalue weighted by molar-refractivity contribution is -0.120. The highest BCUT2D eigenvalue weighted by molar-refractivity contribution is 5.79. The fourth-order valence-corrected chi connectivity index (χ4v) is 2.68. The van der Waals surface area contributed by atoms with Gasteiger partial charge in [0.2, 0.25) is 5.91 Å². The van der Waals surface area contributed by atoms with Gasteiger partial charge in [0.15, 0.2) is 0 Å². The molecule has 0 aromatic carbocycles. The summed E-state index contributed by atoms with van der Waals surface area (Å²) in [6.45, 7) is 6.27. The van der Waals surface area contributed by atoms with Crippen LogP contribution in [-0.4, -0.2) is 32.4 Å². The molecule has 0 bridgehead atoms. The second-order valence-corrected chi connectivity index (χ2v) is 6.14. The smallest absolute Gasteiger partial charge is 0.224 e. The molecule has 7 heteroatoms. The summed E-state index contributed by atoms with van der Waals surface area (Å²) < 4.78 is 0. The van der Waals surface area contributed by atoms with Crippen LogP contribution in [-0.2, 0) is 11.2 Å². The van der Waals surface area contributed by atoms with E-state index in [0.29, 0.717) is 30.4 Å². The lowest BCUT2D eigenvalue weighted by Gasteiger charge is -2.10. The average Bonchev–Trinajstić information content (AvgIpc) is 2.64. The first-order valence-corrected chi connectivity index (χ1v) is 8.80. The summed E-state index contributed by atoms with van der Waals surface area (Å²) in [7, 11) is 0. The van der Waals surface area contributed by atoms with E-state index >= 15 is 0 Å². The molecule has 138 valence electrons. The molecule has 0 radical (unpaired) electrons. The predicted octanol–water partition coefficient (Wildman–Crippen LogP) is 2.97. The molecule has 0 aliphatic carbocycles.